The second-order valence-corrected chi connectivity index (χ2v) is 3.23. The van der Waals surface area contributed by atoms with Gasteiger partial charge < -0.3 is 0 Å². The van der Waals surface area contributed by atoms with E-state index in [2.05, 4.69) is 30.4 Å². The van der Waals surface area contributed by atoms with Gasteiger partial charge >= 0.3 is 0 Å². The minimum absolute atomic E-state index is 0.626. The first-order valence-corrected chi connectivity index (χ1v) is 4.75. The average Bonchev–Trinajstić information content (AvgIpc) is 3.01. The maximum atomic E-state index is 4.37. The van der Waals surface area contributed by atoms with Gasteiger partial charge in [-0.05, 0) is 12.1 Å². The highest BCUT2D eigenvalue weighted by molar-refractivity contribution is 5.59. The molecule has 78 valence electrons. The van der Waals surface area contributed by atoms with Crippen molar-refractivity contribution < 1.29 is 0 Å². The lowest BCUT2D eigenvalue weighted by atomic mass is 10.2. The molecule has 2 N–H and O–H groups in total. The summed E-state index contributed by atoms with van der Waals surface area (Å²) in [7, 11) is 0. The highest BCUT2D eigenvalue weighted by Gasteiger charge is 2.07. The first-order valence-electron chi connectivity index (χ1n) is 4.75. The van der Waals surface area contributed by atoms with Gasteiger partial charge in [-0.1, -0.05) is 0 Å². The van der Waals surface area contributed by atoms with Gasteiger partial charge in [-0.15, -0.1) is 0 Å². The van der Waals surface area contributed by atoms with Crippen LogP contribution in [-0.2, 0) is 0 Å². The predicted octanol–water partition coefficient (Wildman–Crippen LogP) is 1.26. The summed E-state index contributed by atoms with van der Waals surface area (Å²) in [6, 6.07) is 3.75. The second kappa shape index (κ2) is 3.58. The van der Waals surface area contributed by atoms with E-state index in [-0.39, 0.29) is 0 Å². The van der Waals surface area contributed by atoms with Crippen LogP contribution in [0.1, 0.15) is 0 Å². The Balaban J connectivity index is 2.00. The van der Waals surface area contributed by atoms with Crippen LogP contribution in [-0.4, -0.2) is 30.4 Å². The third-order valence-electron chi connectivity index (χ3n) is 2.20. The number of nitrogens with zero attached hydrogens (tertiary/aromatic N) is 4. The summed E-state index contributed by atoms with van der Waals surface area (Å²) in [5.41, 5.74) is 1.81. The maximum Gasteiger partial charge on any atom is 0.184 e. The van der Waals surface area contributed by atoms with Crippen LogP contribution in [0.25, 0.3) is 22.8 Å². The highest BCUT2D eigenvalue weighted by atomic mass is 15.2. The van der Waals surface area contributed by atoms with Crippen molar-refractivity contribution >= 4 is 0 Å². The van der Waals surface area contributed by atoms with Gasteiger partial charge in [0, 0.05) is 24.2 Å². The van der Waals surface area contributed by atoms with Crippen molar-refractivity contribution in [3.63, 3.8) is 0 Å². The summed E-state index contributed by atoms with van der Waals surface area (Å²) < 4.78 is 0. The molecule has 0 aliphatic heterocycles. The maximum absolute atomic E-state index is 4.37. The number of hydrogen-bond acceptors (Lipinski definition) is 4. The fourth-order valence-corrected chi connectivity index (χ4v) is 1.40. The molecule has 0 saturated carbocycles. The van der Waals surface area contributed by atoms with Crippen molar-refractivity contribution in [1.82, 2.24) is 30.4 Å². The van der Waals surface area contributed by atoms with Gasteiger partial charge in [-0.3, -0.25) is 15.2 Å². The summed E-state index contributed by atoms with van der Waals surface area (Å²) >= 11 is 0. The Hall–Kier alpha value is -2.50. The number of pyridine rings is 1. The largest absolute Gasteiger partial charge is 0.285 e. The molecule has 0 unspecified atom stereocenters. The van der Waals surface area contributed by atoms with Crippen molar-refractivity contribution in [1.29, 1.82) is 0 Å². The van der Waals surface area contributed by atoms with Gasteiger partial charge in [0.1, 0.15) is 0 Å². The minimum Gasteiger partial charge on any atom is -0.285 e. The van der Waals surface area contributed by atoms with Crippen LogP contribution in [0.4, 0.5) is 0 Å². The summed E-state index contributed by atoms with van der Waals surface area (Å²) in [5.74, 6) is 1.35. The molecule has 0 aliphatic rings. The van der Waals surface area contributed by atoms with Gasteiger partial charge in [0.05, 0.1) is 11.8 Å². The standard InChI is InChI=1S/C10H8N6/c1-3-11-4-2-7(1)9-14-10(16-15-9)8-5-12-13-6-8/h1-6H,(H,12,13)(H,14,15,16). The molecule has 3 heterocycles. The van der Waals surface area contributed by atoms with Crippen LogP contribution in [0, 0.1) is 0 Å². The van der Waals surface area contributed by atoms with Gasteiger partial charge in [0.2, 0.25) is 0 Å². The predicted molar refractivity (Wildman–Crippen MR) is 57.2 cm³/mol. The molecule has 0 aromatic carbocycles. The molecule has 0 bridgehead atoms. The van der Waals surface area contributed by atoms with Crippen molar-refractivity contribution in [3.8, 4) is 22.8 Å². The molecule has 0 saturated heterocycles. The number of aromatic nitrogens is 6. The van der Waals surface area contributed by atoms with Gasteiger partial charge in [-0.25, -0.2) is 4.98 Å². The first-order chi connectivity index (χ1) is 7.93. The number of hydrogen-bond donors (Lipinski definition) is 2. The Morgan fingerprint density at radius 1 is 1.06 bits per heavy atom. The molecule has 0 spiro atoms. The fraction of sp³-hybridized carbons (Fsp3) is 0. The van der Waals surface area contributed by atoms with Crippen LogP contribution >= 0.6 is 0 Å². The molecule has 0 atom stereocenters. The van der Waals surface area contributed by atoms with Crippen LogP contribution < -0.4 is 0 Å². The van der Waals surface area contributed by atoms with Crippen molar-refractivity contribution in [2.75, 3.05) is 0 Å². The van der Waals surface area contributed by atoms with E-state index >= 15 is 0 Å². The summed E-state index contributed by atoms with van der Waals surface area (Å²) in [4.78, 5) is 8.32. The molecule has 6 heteroatoms. The zero-order valence-electron chi connectivity index (χ0n) is 8.25. The fourth-order valence-electron chi connectivity index (χ4n) is 1.40. The van der Waals surface area contributed by atoms with Crippen LogP contribution in [0.15, 0.2) is 36.9 Å². The van der Waals surface area contributed by atoms with Crippen LogP contribution in [0.2, 0.25) is 0 Å². The molecule has 0 aliphatic carbocycles. The number of aromatic amines is 2. The molecule has 3 aromatic rings. The number of H-pyrrole nitrogens is 2. The quantitative estimate of drug-likeness (QED) is 0.669. The Morgan fingerprint density at radius 3 is 2.69 bits per heavy atom. The monoisotopic (exact) mass is 212 g/mol. The van der Waals surface area contributed by atoms with E-state index in [4.69, 9.17) is 0 Å². The molecule has 0 radical (unpaired) electrons. The highest BCUT2D eigenvalue weighted by Crippen LogP contribution is 2.17. The molecule has 0 amide bonds. The lowest BCUT2D eigenvalue weighted by Gasteiger charge is -1.91. The molecule has 3 aromatic heterocycles. The van der Waals surface area contributed by atoms with Crippen molar-refractivity contribution in [3.05, 3.63) is 36.9 Å². The molecule has 16 heavy (non-hydrogen) atoms. The average molecular weight is 212 g/mol. The lowest BCUT2D eigenvalue weighted by Crippen LogP contribution is -1.80. The SMILES string of the molecule is c1cc(-c2nc(-c3cn[nH]c3)n[nH]2)ccn1. The summed E-state index contributed by atoms with van der Waals surface area (Å²) in [6.45, 7) is 0. The van der Waals surface area contributed by atoms with E-state index in [0.717, 1.165) is 17.0 Å². The Labute approximate surface area is 90.8 Å². The second-order valence-electron chi connectivity index (χ2n) is 3.23. The van der Waals surface area contributed by atoms with Gasteiger partial charge in [0.25, 0.3) is 0 Å². The van der Waals surface area contributed by atoms with Crippen molar-refractivity contribution in [2.24, 2.45) is 0 Å². The van der Waals surface area contributed by atoms with E-state index in [1.54, 1.807) is 24.8 Å². The summed E-state index contributed by atoms with van der Waals surface area (Å²) in [6.07, 6.45) is 6.86. The number of rotatable bonds is 2. The van der Waals surface area contributed by atoms with Crippen LogP contribution in [0.5, 0.6) is 0 Å². The third-order valence-corrected chi connectivity index (χ3v) is 2.20. The molecule has 0 fully saturated rings. The van der Waals surface area contributed by atoms with E-state index in [9.17, 15) is 0 Å². The van der Waals surface area contributed by atoms with Crippen molar-refractivity contribution in [2.45, 2.75) is 0 Å². The Kier molecular flexibility index (Phi) is 1.96. The zero-order valence-corrected chi connectivity index (χ0v) is 8.25. The normalized spacial score (nSPS) is 10.5. The molecule has 6 nitrogen and oxygen atoms in total. The minimum atomic E-state index is 0.626. The first kappa shape index (κ1) is 8.78. The molecule has 3 rings (SSSR count). The van der Waals surface area contributed by atoms with E-state index in [1.165, 1.54) is 0 Å². The van der Waals surface area contributed by atoms with E-state index in [1.807, 2.05) is 12.1 Å². The van der Waals surface area contributed by atoms with E-state index in [0.29, 0.717) is 5.82 Å². The smallest absolute Gasteiger partial charge is 0.184 e. The zero-order chi connectivity index (χ0) is 10.8. The van der Waals surface area contributed by atoms with Gasteiger partial charge in [-0.2, -0.15) is 10.2 Å². The topological polar surface area (TPSA) is 83.1 Å². The Bertz CT molecular complexity index is 568. The molecular weight excluding hydrogens is 204 g/mol. The molecular formula is C10H8N6. The lowest BCUT2D eigenvalue weighted by molar-refractivity contribution is 1.09. The Morgan fingerprint density at radius 2 is 1.94 bits per heavy atom. The van der Waals surface area contributed by atoms with Gasteiger partial charge in [0.15, 0.2) is 11.6 Å². The third kappa shape index (κ3) is 1.46. The van der Waals surface area contributed by atoms with E-state index < -0.39 is 0 Å². The van der Waals surface area contributed by atoms with Crippen LogP contribution in [0.3, 0.4) is 0 Å². The summed E-state index contributed by atoms with van der Waals surface area (Å²) in [5, 5.41) is 13.6. The number of nitrogens with one attached hydrogen (secondary N) is 2.